The quantitative estimate of drug-likeness (QED) is 0.522. The van der Waals surface area contributed by atoms with Crippen molar-refractivity contribution in [3.8, 4) is 0 Å². The van der Waals surface area contributed by atoms with Gasteiger partial charge in [0.15, 0.2) is 0 Å². The van der Waals surface area contributed by atoms with Gasteiger partial charge in [-0.3, -0.25) is 19.2 Å². The van der Waals surface area contributed by atoms with E-state index in [-0.39, 0.29) is 25.7 Å². The fourth-order valence-electron chi connectivity index (χ4n) is 1.74. The molecule has 0 bridgehead atoms. The zero-order valence-electron chi connectivity index (χ0n) is 9.16. The Balaban J connectivity index is 2.45. The van der Waals surface area contributed by atoms with E-state index < -0.39 is 39.7 Å². The number of aliphatic hydroxyl groups excluding tert-OH is 1. The van der Waals surface area contributed by atoms with Crippen LogP contribution in [0.25, 0.3) is 0 Å². The van der Waals surface area contributed by atoms with E-state index in [0.29, 0.717) is 8.61 Å². The highest BCUT2D eigenvalue weighted by molar-refractivity contribution is 8.13. The highest BCUT2D eigenvalue weighted by atomic mass is 32.2. The third-order valence-electron chi connectivity index (χ3n) is 2.52. The molecule has 0 aromatic rings. The Morgan fingerprint density at radius 2 is 1.06 bits per heavy atom. The lowest BCUT2D eigenvalue weighted by Gasteiger charge is -2.25. The van der Waals surface area contributed by atoms with Crippen molar-refractivity contribution >= 4 is 39.7 Å². The van der Waals surface area contributed by atoms with Crippen LogP contribution in [0.1, 0.15) is 25.7 Å². The molecule has 9 heteroatoms. The summed E-state index contributed by atoms with van der Waals surface area (Å²) in [6.07, 6.45) is -0.255. The van der Waals surface area contributed by atoms with E-state index >= 15 is 0 Å². The number of rotatable bonds is 2. The lowest BCUT2D eigenvalue weighted by molar-refractivity contribution is -0.132. The Hall–Kier alpha value is -1.58. The maximum Gasteiger partial charge on any atom is 0.245 e. The first-order valence-electron chi connectivity index (χ1n) is 5.14. The molecule has 2 N–H and O–H groups in total. The summed E-state index contributed by atoms with van der Waals surface area (Å²) in [6, 6.07) is 0. The molecule has 2 saturated heterocycles. The van der Waals surface area contributed by atoms with E-state index in [4.69, 9.17) is 0 Å². The molecule has 0 unspecified atom stereocenters. The van der Waals surface area contributed by atoms with Crippen molar-refractivity contribution in [3.63, 3.8) is 0 Å². The lowest BCUT2D eigenvalue weighted by Crippen LogP contribution is -2.36. The Kier molecular flexibility index (Phi) is 3.28. The van der Waals surface area contributed by atoms with Crippen molar-refractivity contribution < 1.29 is 29.4 Å². The van der Waals surface area contributed by atoms with Gasteiger partial charge in [-0.05, 0) is 0 Å². The summed E-state index contributed by atoms with van der Waals surface area (Å²) >= 11 is 0. The maximum absolute atomic E-state index is 11.5. The van der Waals surface area contributed by atoms with Crippen LogP contribution in [0.3, 0.4) is 0 Å². The Bertz CT molecular complexity index is 425. The van der Waals surface area contributed by atoms with Crippen LogP contribution in [0.4, 0.5) is 0 Å². The van der Waals surface area contributed by atoms with Crippen LogP contribution in [-0.2, 0) is 19.2 Å². The second kappa shape index (κ2) is 4.59. The van der Waals surface area contributed by atoms with Crippen molar-refractivity contribution in [3.05, 3.63) is 0 Å². The average Bonchev–Trinajstić information content (AvgIpc) is 2.78. The number of amides is 4. The standard InChI is InChI=1S/C9H10N2O6S/c12-5-1-2-6(13)10(5)18(9(16)17)11-7(14)3-4-8(11)15/h16-17H,1-4H2. The largest absolute Gasteiger partial charge is 0.334 e. The number of nitrogens with zero attached hydrogens (tertiary/aromatic N) is 2. The third kappa shape index (κ3) is 1.96. The van der Waals surface area contributed by atoms with Crippen LogP contribution in [0, 0.1) is 0 Å². The first kappa shape index (κ1) is 12.9. The van der Waals surface area contributed by atoms with E-state index in [2.05, 4.69) is 0 Å². The fourth-order valence-corrected chi connectivity index (χ4v) is 3.37. The van der Waals surface area contributed by atoms with Crippen molar-refractivity contribution in [1.29, 1.82) is 0 Å². The molecule has 2 rings (SSSR count). The number of hydrogen-bond acceptors (Lipinski definition) is 4. The minimum Gasteiger partial charge on any atom is -0.334 e. The summed E-state index contributed by atoms with van der Waals surface area (Å²) in [5.74, 6) is -2.51. The molecule has 2 aliphatic rings. The van der Waals surface area contributed by atoms with Gasteiger partial charge >= 0.3 is 0 Å². The molecular weight excluding hydrogens is 264 g/mol. The Morgan fingerprint density at radius 1 is 0.778 bits per heavy atom. The van der Waals surface area contributed by atoms with Gasteiger partial charge in [-0.15, -0.1) is 0 Å². The lowest BCUT2D eigenvalue weighted by atomic mass is 10.4. The smallest absolute Gasteiger partial charge is 0.245 e. The molecule has 0 saturated carbocycles. The first-order valence-corrected chi connectivity index (χ1v) is 6.28. The second-order valence-corrected chi connectivity index (χ2v) is 5.33. The molecule has 0 spiro atoms. The van der Waals surface area contributed by atoms with Crippen molar-refractivity contribution in [1.82, 2.24) is 8.61 Å². The van der Waals surface area contributed by atoms with E-state index in [1.165, 1.54) is 0 Å². The summed E-state index contributed by atoms with van der Waals surface area (Å²) in [6.45, 7) is 0. The summed E-state index contributed by atoms with van der Waals surface area (Å²) in [7, 11) is -2.05. The van der Waals surface area contributed by atoms with Gasteiger partial charge in [0.05, 0.1) is 10.9 Å². The van der Waals surface area contributed by atoms with Crippen molar-refractivity contribution in [2.75, 3.05) is 0 Å². The molecule has 0 aromatic carbocycles. The molecule has 4 amide bonds. The predicted molar refractivity (Wildman–Crippen MR) is 60.0 cm³/mol. The van der Waals surface area contributed by atoms with Gasteiger partial charge in [0.1, 0.15) is 0 Å². The van der Waals surface area contributed by atoms with E-state index in [0.717, 1.165) is 0 Å². The van der Waals surface area contributed by atoms with Gasteiger partial charge < -0.3 is 10.2 Å². The summed E-state index contributed by atoms with van der Waals surface area (Å²) in [4.78, 5) is 46.1. The summed E-state index contributed by atoms with van der Waals surface area (Å²) < 4.78 is 1.16. The van der Waals surface area contributed by atoms with Gasteiger partial charge in [-0.1, -0.05) is 0 Å². The zero-order chi connectivity index (χ0) is 13.4. The number of carbonyl (C=O) groups excluding carboxylic acids is 4. The highest BCUT2D eigenvalue weighted by Gasteiger charge is 2.42. The number of hydrogen-bond donors (Lipinski definition) is 2. The van der Waals surface area contributed by atoms with Crippen molar-refractivity contribution in [2.24, 2.45) is 0 Å². The van der Waals surface area contributed by atoms with Crippen LogP contribution < -0.4 is 0 Å². The molecule has 8 nitrogen and oxygen atoms in total. The normalized spacial score (nSPS) is 20.6. The maximum atomic E-state index is 11.5. The SMILES string of the molecule is O=C1CCC(=O)N1S(=C(O)O)N1C(=O)CCC1=O. The molecule has 0 aromatic heterocycles. The van der Waals surface area contributed by atoms with Crippen molar-refractivity contribution in [2.45, 2.75) is 25.7 Å². The zero-order valence-corrected chi connectivity index (χ0v) is 9.98. The van der Waals surface area contributed by atoms with Crippen LogP contribution in [0.5, 0.6) is 0 Å². The topological polar surface area (TPSA) is 115 Å². The van der Waals surface area contributed by atoms with Gasteiger partial charge in [0.2, 0.25) is 28.9 Å². The van der Waals surface area contributed by atoms with Crippen LogP contribution in [0.15, 0.2) is 0 Å². The Labute approximate surface area is 104 Å². The summed E-state index contributed by atoms with van der Waals surface area (Å²) in [5, 5.41) is 17.1. The van der Waals surface area contributed by atoms with E-state index in [9.17, 15) is 29.4 Å². The molecular formula is C9H10N2O6S. The second-order valence-electron chi connectivity index (χ2n) is 3.71. The van der Waals surface area contributed by atoms with Crippen LogP contribution in [-0.4, -0.2) is 47.7 Å². The molecule has 0 atom stereocenters. The van der Waals surface area contributed by atoms with Gasteiger partial charge in [0, 0.05) is 25.7 Å². The van der Waals surface area contributed by atoms with Crippen LogP contribution >= 0.6 is 10.9 Å². The van der Waals surface area contributed by atoms with Crippen LogP contribution in [0.2, 0.25) is 0 Å². The molecule has 2 heterocycles. The highest BCUT2D eigenvalue weighted by Crippen LogP contribution is 2.35. The van der Waals surface area contributed by atoms with Gasteiger partial charge in [-0.2, -0.15) is 0 Å². The van der Waals surface area contributed by atoms with Gasteiger partial charge in [-0.25, -0.2) is 8.61 Å². The minimum atomic E-state index is -2.05. The number of imide groups is 2. The molecule has 2 aliphatic heterocycles. The molecule has 2 fully saturated rings. The summed E-state index contributed by atoms with van der Waals surface area (Å²) in [5.41, 5.74) is 0. The Morgan fingerprint density at radius 3 is 1.28 bits per heavy atom. The van der Waals surface area contributed by atoms with Gasteiger partial charge in [0.25, 0.3) is 0 Å². The molecule has 0 aliphatic carbocycles. The minimum absolute atomic E-state index is 0.0637. The fraction of sp³-hybridized carbons (Fsp3) is 0.444. The predicted octanol–water partition coefficient (Wildman–Crippen LogP) is -0.413. The first-order chi connectivity index (χ1) is 8.43. The van der Waals surface area contributed by atoms with E-state index in [1.807, 2.05) is 0 Å². The third-order valence-corrected chi connectivity index (χ3v) is 4.35. The molecule has 98 valence electrons. The average molecular weight is 274 g/mol. The number of aliphatic hydroxyl groups is 2. The van der Waals surface area contributed by atoms with E-state index in [1.54, 1.807) is 0 Å². The monoisotopic (exact) mass is 274 g/mol. The number of carbonyl (C=O) groups is 4. The molecule has 0 radical (unpaired) electrons. The molecule has 18 heavy (non-hydrogen) atoms.